The van der Waals surface area contributed by atoms with Crippen LogP contribution in [0, 0.1) is 5.92 Å². The van der Waals surface area contributed by atoms with E-state index >= 15 is 0 Å². The molecule has 1 aromatic rings. The van der Waals surface area contributed by atoms with Crippen LogP contribution in [-0.4, -0.2) is 29.8 Å². The van der Waals surface area contributed by atoms with Crippen molar-refractivity contribution in [3.05, 3.63) is 35.9 Å². The molecular formula is C16H22N2O2. The molecule has 1 aliphatic rings. The fourth-order valence-electron chi connectivity index (χ4n) is 2.52. The van der Waals surface area contributed by atoms with Crippen LogP contribution in [0.3, 0.4) is 0 Å². The van der Waals surface area contributed by atoms with E-state index in [4.69, 9.17) is 0 Å². The molecule has 0 radical (unpaired) electrons. The van der Waals surface area contributed by atoms with E-state index in [9.17, 15) is 9.59 Å². The molecular weight excluding hydrogens is 252 g/mol. The Morgan fingerprint density at radius 1 is 1.35 bits per heavy atom. The lowest BCUT2D eigenvalue weighted by Gasteiger charge is -2.17. The Hall–Kier alpha value is -1.84. The van der Waals surface area contributed by atoms with Gasteiger partial charge in [-0.05, 0) is 12.0 Å². The van der Waals surface area contributed by atoms with Crippen molar-refractivity contribution in [1.29, 1.82) is 0 Å². The van der Waals surface area contributed by atoms with Gasteiger partial charge < -0.3 is 10.2 Å². The van der Waals surface area contributed by atoms with Gasteiger partial charge in [-0.1, -0.05) is 37.3 Å². The fraction of sp³-hybridized carbons (Fsp3) is 0.500. The molecule has 2 rings (SSSR count). The van der Waals surface area contributed by atoms with Gasteiger partial charge in [0.1, 0.15) is 0 Å². The predicted octanol–water partition coefficient (Wildman–Crippen LogP) is 1.95. The van der Waals surface area contributed by atoms with Crippen LogP contribution in [0.25, 0.3) is 0 Å². The Kier molecular flexibility index (Phi) is 5.16. The molecule has 1 aliphatic heterocycles. The standard InChI is InChI=1S/C16H22N2O2/c1-2-6-15(19)17-10-14-9-16(20)18(12-14)11-13-7-4-3-5-8-13/h3-5,7-8,14H,2,6,9-12H2,1H3,(H,17,19). The lowest BCUT2D eigenvalue weighted by molar-refractivity contribution is -0.128. The van der Waals surface area contributed by atoms with Gasteiger partial charge in [-0.3, -0.25) is 9.59 Å². The highest BCUT2D eigenvalue weighted by molar-refractivity contribution is 5.79. The Balaban J connectivity index is 1.80. The minimum absolute atomic E-state index is 0.0847. The van der Waals surface area contributed by atoms with Gasteiger partial charge in [-0.15, -0.1) is 0 Å². The van der Waals surface area contributed by atoms with Gasteiger partial charge in [0.2, 0.25) is 11.8 Å². The van der Waals surface area contributed by atoms with Crippen molar-refractivity contribution in [1.82, 2.24) is 10.2 Å². The zero-order valence-electron chi connectivity index (χ0n) is 12.0. The normalized spacial score (nSPS) is 18.4. The number of likely N-dealkylation sites (tertiary alicyclic amines) is 1. The number of amides is 2. The molecule has 0 aromatic heterocycles. The van der Waals surface area contributed by atoms with Crippen LogP contribution < -0.4 is 5.32 Å². The first-order chi connectivity index (χ1) is 9.69. The summed E-state index contributed by atoms with van der Waals surface area (Å²) in [7, 11) is 0. The molecule has 108 valence electrons. The number of benzene rings is 1. The second-order valence-electron chi connectivity index (χ2n) is 5.38. The van der Waals surface area contributed by atoms with Gasteiger partial charge in [0.15, 0.2) is 0 Å². The van der Waals surface area contributed by atoms with Crippen LogP contribution in [0.2, 0.25) is 0 Å². The largest absolute Gasteiger partial charge is 0.356 e. The number of hydrogen-bond acceptors (Lipinski definition) is 2. The second kappa shape index (κ2) is 7.08. The summed E-state index contributed by atoms with van der Waals surface area (Å²) < 4.78 is 0. The Bertz CT molecular complexity index is 459. The van der Waals surface area contributed by atoms with Crippen LogP contribution >= 0.6 is 0 Å². The molecule has 2 amide bonds. The van der Waals surface area contributed by atoms with Crippen molar-refractivity contribution >= 4 is 11.8 Å². The maximum absolute atomic E-state index is 12.0. The number of carbonyl (C=O) groups is 2. The van der Waals surface area contributed by atoms with Crippen molar-refractivity contribution in [2.24, 2.45) is 5.92 Å². The zero-order valence-corrected chi connectivity index (χ0v) is 12.0. The second-order valence-corrected chi connectivity index (χ2v) is 5.38. The Morgan fingerprint density at radius 3 is 2.80 bits per heavy atom. The zero-order chi connectivity index (χ0) is 14.4. The van der Waals surface area contributed by atoms with E-state index in [1.807, 2.05) is 42.2 Å². The Labute approximate surface area is 120 Å². The molecule has 1 unspecified atom stereocenters. The monoisotopic (exact) mass is 274 g/mol. The van der Waals surface area contributed by atoms with Crippen LogP contribution in [0.1, 0.15) is 31.7 Å². The minimum atomic E-state index is 0.0847. The molecule has 0 aliphatic carbocycles. The average molecular weight is 274 g/mol. The maximum atomic E-state index is 12.0. The van der Waals surface area contributed by atoms with Crippen LogP contribution in [0.5, 0.6) is 0 Å². The quantitative estimate of drug-likeness (QED) is 0.862. The van der Waals surface area contributed by atoms with E-state index in [1.165, 1.54) is 0 Å². The third-order valence-corrected chi connectivity index (χ3v) is 3.58. The summed E-state index contributed by atoms with van der Waals surface area (Å²) in [6.07, 6.45) is 1.96. The van der Waals surface area contributed by atoms with Gasteiger partial charge in [0, 0.05) is 38.4 Å². The molecule has 1 saturated heterocycles. The topological polar surface area (TPSA) is 49.4 Å². The van der Waals surface area contributed by atoms with Crippen molar-refractivity contribution in [2.75, 3.05) is 13.1 Å². The average Bonchev–Trinajstić information content (AvgIpc) is 2.79. The molecule has 1 heterocycles. The summed E-state index contributed by atoms with van der Waals surface area (Å²) in [5.74, 6) is 0.511. The van der Waals surface area contributed by atoms with Crippen LogP contribution in [0.15, 0.2) is 30.3 Å². The molecule has 1 N–H and O–H groups in total. The van der Waals surface area contributed by atoms with Crippen LogP contribution in [0.4, 0.5) is 0 Å². The summed E-state index contributed by atoms with van der Waals surface area (Å²) >= 11 is 0. The van der Waals surface area contributed by atoms with Crippen molar-refractivity contribution in [3.63, 3.8) is 0 Å². The number of rotatable bonds is 6. The van der Waals surface area contributed by atoms with E-state index in [2.05, 4.69) is 5.32 Å². The molecule has 1 atom stereocenters. The molecule has 1 fully saturated rings. The summed E-state index contributed by atoms with van der Waals surface area (Å²) in [5.41, 5.74) is 1.15. The van der Waals surface area contributed by atoms with E-state index in [1.54, 1.807) is 0 Å². The third kappa shape index (κ3) is 4.08. The lowest BCUT2D eigenvalue weighted by atomic mass is 10.1. The summed E-state index contributed by atoms with van der Waals surface area (Å²) in [5, 5.41) is 2.91. The SMILES string of the molecule is CCCC(=O)NCC1CC(=O)N(Cc2ccccc2)C1. The van der Waals surface area contributed by atoms with Crippen molar-refractivity contribution < 1.29 is 9.59 Å². The van der Waals surface area contributed by atoms with Gasteiger partial charge in [-0.2, -0.15) is 0 Å². The highest BCUT2D eigenvalue weighted by Crippen LogP contribution is 2.19. The first-order valence-electron chi connectivity index (χ1n) is 7.27. The first kappa shape index (κ1) is 14.6. The molecule has 4 nitrogen and oxygen atoms in total. The third-order valence-electron chi connectivity index (χ3n) is 3.58. The summed E-state index contributed by atoms with van der Waals surface area (Å²) in [6, 6.07) is 10.0. The number of nitrogens with zero attached hydrogens (tertiary/aromatic N) is 1. The molecule has 0 bridgehead atoms. The fourth-order valence-corrected chi connectivity index (χ4v) is 2.52. The van der Waals surface area contributed by atoms with Gasteiger partial charge >= 0.3 is 0 Å². The molecule has 4 heteroatoms. The van der Waals surface area contributed by atoms with E-state index < -0.39 is 0 Å². The molecule has 1 aromatic carbocycles. The van der Waals surface area contributed by atoms with E-state index in [-0.39, 0.29) is 17.7 Å². The van der Waals surface area contributed by atoms with Crippen molar-refractivity contribution in [2.45, 2.75) is 32.7 Å². The highest BCUT2D eigenvalue weighted by Gasteiger charge is 2.29. The van der Waals surface area contributed by atoms with E-state index in [0.717, 1.165) is 18.5 Å². The Morgan fingerprint density at radius 2 is 2.10 bits per heavy atom. The smallest absolute Gasteiger partial charge is 0.223 e. The van der Waals surface area contributed by atoms with Gasteiger partial charge in [0.25, 0.3) is 0 Å². The van der Waals surface area contributed by atoms with Gasteiger partial charge in [-0.25, -0.2) is 0 Å². The summed E-state index contributed by atoms with van der Waals surface area (Å²) in [6.45, 7) is 4.00. The lowest BCUT2D eigenvalue weighted by Crippen LogP contribution is -2.30. The number of hydrogen-bond donors (Lipinski definition) is 1. The predicted molar refractivity (Wildman–Crippen MR) is 77.9 cm³/mol. The summed E-state index contributed by atoms with van der Waals surface area (Å²) in [4.78, 5) is 25.3. The first-order valence-corrected chi connectivity index (χ1v) is 7.27. The molecule has 0 saturated carbocycles. The van der Waals surface area contributed by atoms with Crippen molar-refractivity contribution in [3.8, 4) is 0 Å². The molecule has 20 heavy (non-hydrogen) atoms. The number of carbonyl (C=O) groups excluding carboxylic acids is 2. The number of nitrogens with one attached hydrogen (secondary N) is 1. The highest BCUT2D eigenvalue weighted by atomic mass is 16.2. The van der Waals surface area contributed by atoms with E-state index in [0.29, 0.717) is 25.9 Å². The maximum Gasteiger partial charge on any atom is 0.223 e. The molecule has 0 spiro atoms. The minimum Gasteiger partial charge on any atom is -0.356 e. The van der Waals surface area contributed by atoms with Crippen LogP contribution in [-0.2, 0) is 16.1 Å². The van der Waals surface area contributed by atoms with Gasteiger partial charge in [0.05, 0.1) is 0 Å².